The predicted octanol–water partition coefficient (Wildman–Crippen LogP) is 1.16. The summed E-state index contributed by atoms with van der Waals surface area (Å²) in [5.41, 5.74) is 6.41. The SMILES string of the molecule is CC1C2C=CC(NC(N)=S)=CC12. The molecule has 0 spiro atoms. The van der Waals surface area contributed by atoms with Crippen LogP contribution >= 0.6 is 12.2 Å². The second-order valence-electron chi connectivity index (χ2n) is 3.48. The first-order valence-corrected chi connectivity index (χ1v) is 4.56. The summed E-state index contributed by atoms with van der Waals surface area (Å²) in [6.07, 6.45) is 6.51. The molecule has 1 saturated carbocycles. The summed E-state index contributed by atoms with van der Waals surface area (Å²) in [5, 5.41) is 3.29. The summed E-state index contributed by atoms with van der Waals surface area (Å²) in [5.74, 6) is 2.28. The number of allylic oxidation sites excluding steroid dienone is 3. The summed E-state index contributed by atoms with van der Waals surface area (Å²) in [6.45, 7) is 2.26. The van der Waals surface area contributed by atoms with Crippen molar-refractivity contribution in [2.45, 2.75) is 6.92 Å². The third-order valence-electron chi connectivity index (χ3n) is 2.66. The van der Waals surface area contributed by atoms with Crippen LogP contribution in [0.15, 0.2) is 23.9 Å². The van der Waals surface area contributed by atoms with E-state index in [1.807, 2.05) is 0 Å². The molecule has 2 nitrogen and oxygen atoms in total. The lowest BCUT2D eigenvalue weighted by Gasteiger charge is -2.06. The van der Waals surface area contributed by atoms with Crippen LogP contribution in [0, 0.1) is 17.8 Å². The highest BCUT2D eigenvalue weighted by molar-refractivity contribution is 7.80. The summed E-state index contributed by atoms with van der Waals surface area (Å²) >= 11 is 4.75. The van der Waals surface area contributed by atoms with E-state index in [1.165, 1.54) is 0 Å². The third-order valence-corrected chi connectivity index (χ3v) is 2.76. The molecule has 0 bridgehead atoms. The van der Waals surface area contributed by atoms with Gasteiger partial charge in [-0.1, -0.05) is 19.1 Å². The Balaban J connectivity index is 2.05. The van der Waals surface area contributed by atoms with E-state index in [9.17, 15) is 0 Å². The Hall–Kier alpha value is -0.830. The molecule has 3 unspecified atom stereocenters. The first-order chi connectivity index (χ1) is 5.68. The van der Waals surface area contributed by atoms with E-state index >= 15 is 0 Å². The minimum atomic E-state index is 0.345. The molecule has 0 saturated heterocycles. The van der Waals surface area contributed by atoms with Crippen molar-refractivity contribution in [3.63, 3.8) is 0 Å². The van der Waals surface area contributed by atoms with Gasteiger partial charge in [0, 0.05) is 5.70 Å². The van der Waals surface area contributed by atoms with Gasteiger partial charge in [0.05, 0.1) is 0 Å². The summed E-state index contributed by atoms with van der Waals surface area (Å²) in [6, 6.07) is 0. The van der Waals surface area contributed by atoms with Crippen molar-refractivity contribution in [1.82, 2.24) is 5.32 Å². The third kappa shape index (κ3) is 1.25. The maximum atomic E-state index is 5.36. The number of hydrogen-bond acceptors (Lipinski definition) is 1. The quantitative estimate of drug-likeness (QED) is 0.595. The monoisotopic (exact) mass is 180 g/mol. The number of nitrogens with two attached hydrogens (primary N) is 1. The molecule has 0 amide bonds. The highest BCUT2D eigenvalue weighted by Crippen LogP contribution is 2.50. The molecule has 3 N–H and O–H groups in total. The standard InChI is InChI=1S/C9H12N2S/c1-5-7-3-2-6(4-8(5)7)11-9(10)12/h2-5,7-8H,1H3,(H3,10,11,12). The van der Waals surface area contributed by atoms with Gasteiger partial charge in [0.15, 0.2) is 5.11 Å². The van der Waals surface area contributed by atoms with Crippen molar-refractivity contribution in [2.75, 3.05) is 0 Å². The Morgan fingerprint density at radius 3 is 2.92 bits per heavy atom. The van der Waals surface area contributed by atoms with Crippen molar-refractivity contribution in [1.29, 1.82) is 0 Å². The lowest BCUT2D eigenvalue weighted by molar-refractivity contribution is 0.883. The molecule has 0 aromatic rings. The van der Waals surface area contributed by atoms with E-state index in [4.69, 9.17) is 18.0 Å². The van der Waals surface area contributed by atoms with Crippen LogP contribution in [0.1, 0.15) is 6.92 Å². The Bertz CT molecular complexity index is 280. The molecule has 2 aliphatic rings. The van der Waals surface area contributed by atoms with Crippen LogP contribution in [0.2, 0.25) is 0 Å². The van der Waals surface area contributed by atoms with E-state index in [2.05, 4.69) is 30.5 Å². The molecule has 3 atom stereocenters. The minimum absolute atomic E-state index is 0.345. The first kappa shape index (κ1) is 7.80. The Morgan fingerprint density at radius 2 is 2.33 bits per heavy atom. The number of thiocarbonyl (C=S) groups is 1. The van der Waals surface area contributed by atoms with E-state index in [-0.39, 0.29) is 0 Å². The van der Waals surface area contributed by atoms with Gasteiger partial charge in [0.1, 0.15) is 0 Å². The van der Waals surface area contributed by atoms with E-state index < -0.39 is 0 Å². The fourth-order valence-electron chi connectivity index (χ4n) is 1.80. The van der Waals surface area contributed by atoms with Gasteiger partial charge in [-0.3, -0.25) is 0 Å². The first-order valence-electron chi connectivity index (χ1n) is 4.15. The summed E-state index contributed by atoms with van der Waals surface area (Å²) in [4.78, 5) is 0. The minimum Gasteiger partial charge on any atom is -0.376 e. The van der Waals surface area contributed by atoms with Gasteiger partial charge in [-0.2, -0.15) is 0 Å². The second kappa shape index (κ2) is 2.59. The fourth-order valence-corrected chi connectivity index (χ4v) is 1.91. The van der Waals surface area contributed by atoms with Crippen LogP contribution in [0.4, 0.5) is 0 Å². The number of fused-ring (bicyclic) bond motifs is 1. The van der Waals surface area contributed by atoms with Crippen LogP contribution in [-0.4, -0.2) is 5.11 Å². The molecule has 64 valence electrons. The molecule has 3 heteroatoms. The Kier molecular flexibility index (Phi) is 1.68. The fraction of sp³-hybridized carbons (Fsp3) is 0.444. The zero-order valence-corrected chi connectivity index (χ0v) is 7.77. The van der Waals surface area contributed by atoms with Crippen LogP contribution in [0.25, 0.3) is 0 Å². The average molecular weight is 180 g/mol. The topological polar surface area (TPSA) is 38.0 Å². The number of rotatable bonds is 1. The van der Waals surface area contributed by atoms with Crippen molar-refractivity contribution in [3.8, 4) is 0 Å². The molecule has 0 aromatic heterocycles. The average Bonchev–Trinajstić information content (AvgIpc) is 2.61. The zero-order valence-electron chi connectivity index (χ0n) is 6.95. The summed E-state index contributed by atoms with van der Waals surface area (Å²) < 4.78 is 0. The molecule has 2 rings (SSSR count). The molecule has 0 radical (unpaired) electrons. The van der Waals surface area contributed by atoms with Crippen LogP contribution in [-0.2, 0) is 0 Å². The van der Waals surface area contributed by atoms with E-state index in [1.54, 1.807) is 0 Å². The Labute approximate surface area is 77.5 Å². The van der Waals surface area contributed by atoms with Crippen LogP contribution in [0.3, 0.4) is 0 Å². The van der Waals surface area contributed by atoms with Gasteiger partial charge in [-0.15, -0.1) is 0 Å². The number of nitrogens with one attached hydrogen (secondary N) is 1. The van der Waals surface area contributed by atoms with Gasteiger partial charge < -0.3 is 11.1 Å². The van der Waals surface area contributed by atoms with E-state index in [0.29, 0.717) is 11.0 Å². The van der Waals surface area contributed by atoms with Crippen molar-refractivity contribution in [3.05, 3.63) is 23.9 Å². The maximum absolute atomic E-state index is 5.36. The van der Waals surface area contributed by atoms with Gasteiger partial charge in [0.2, 0.25) is 0 Å². The largest absolute Gasteiger partial charge is 0.376 e. The highest BCUT2D eigenvalue weighted by Gasteiger charge is 2.44. The Morgan fingerprint density at radius 1 is 1.58 bits per heavy atom. The van der Waals surface area contributed by atoms with Crippen molar-refractivity contribution >= 4 is 17.3 Å². The van der Waals surface area contributed by atoms with E-state index in [0.717, 1.165) is 17.5 Å². The highest BCUT2D eigenvalue weighted by atomic mass is 32.1. The van der Waals surface area contributed by atoms with Gasteiger partial charge in [-0.05, 0) is 36.0 Å². The van der Waals surface area contributed by atoms with Crippen molar-refractivity contribution < 1.29 is 0 Å². The zero-order chi connectivity index (χ0) is 8.72. The van der Waals surface area contributed by atoms with Crippen LogP contribution in [0.5, 0.6) is 0 Å². The molecule has 0 aliphatic heterocycles. The van der Waals surface area contributed by atoms with Crippen LogP contribution < -0.4 is 11.1 Å². The van der Waals surface area contributed by atoms with Gasteiger partial charge >= 0.3 is 0 Å². The second-order valence-corrected chi connectivity index (χ2v) is 3.92. The van der Waals surface area contributed by atoms with Crippen molar-refractivity contribution in [2.24, 2.45) is 23.5 Å². The summed E-state index contributed by atoms with van der Waals surface area (Å²) in [7, 11) is 0. The smallest absolute Gasteiger partial charge is 0.168 e. The molecule has 12 heavy (non-hydrogen) atoms. The lowest BCUT2D eigenvalue weighted by atomic mass is 10.1. The molecular formula is C9H12N2S. The maximum Gasteiger partial charge on any atom is 0.168 e. The number of hydrogen-bond donors (Lipinski definition) is 2. The molecule has 2 aliphatic carbocycles. The molecule has 0 heterocycles. The lowest BCUT2D eigenvalue weighted by Crippen LogP contribution is -2.28. The molecular weight excluding hydrogens is 168 g/mol. The van der Waals surface area contributed by atoms with Gasteiger partial charge in [-0.25, -0.2) is 0 Å². The van der Waals surface area contributed by atoms with Gasteiger partial charge in [0.25, 0.3) is 0 Å². The molecule has 1 fully saturated rings. The molecule has 0 aromatic carbocycles. The normalized spacial score (nSPS) is 36.8. The predicted molar refractivity (Wildman–Crippen MR) is 53.3 cm³/mol.